The third kappa shape index (κ3) is 5.41. The summed E-state index contributed by atoms with van der Waals surface area (Å²) in [5, 5.41) is 3.26. The van der Waals surface area contributed by atoms with Crippen LogP contribution in [0, 0.1) is 5.82 Å². The predicted octanol–water partition coefficient (Wildman–Crippen LogP) is 2.11. The monoisotopic (exact) mass is 257 g/mol. The van der Waals surface area contributed by atoms with Crippen molar-refractivity contribution in [3.8, 4) is 0 Å². The number of halogens is 1. The molecule has 0 aromatic heterocycles. The van der Waals surface area contributed by atoms with Gasteiger partial charge in [-0.1, -0.05) is 25.1 Å². The van der Waals surface area contributed by atoms with E-state index in [0.717, 1.165) is 12.1 Å². The molecule has 0 radical (unpaired) electrons. The van der Waals surface area contributed by atoms with Crippen LogP contribution >= 0.6 is 0 Å². The summed E-state index contributed by atoms with van der Waals surface area (Å²) in [4.78, 5) is 0. The Morgan fingerprint density at radius 1 is 1.41 bits per heavy atom. The molecule has 4 heteroatoms. The molecule has 0 heterocycles. The predicted molar refractivity (Wildman–Crippen MR) is 71.1 cm³/mol. The molecule has 96 valence electrons. The standard InChI is InChI=1S/C13H20FNOS/c1-3-17(16)9-8-15-11(2)10-12-6-4-5-7-13(12)14/h4-7,11,15H,3,8-10H2,1-2H3. The summed E-state index contributed by atoms with van der Waals surface area (Å²) < 4.78 is 24.6. The van der Waals surface area contributed by atoms with Crippen molar-refractivity contribution < 1.29 is 8.60 Å². The first-order valence-electron chi connectivity index (χ1n) is 5.95. The molecule has 0 bridgehead atoms. The van der Waals surface area contributed by atoms with Crippen LogP contribution in [0.1, 0.15) is 19.4 Å². The summed E-state index contributed by atoms with van der Waals surface area (Å²) in [7, 11) is -0.731. The molecule has 1 aromatic rings. The Labute approximate surface area is 105 Å². The second kappa shape index (κ2) is 7.56. The maximum absolute atomic E-state index is 13.4. The van der Waals surface area contributed by atoms with Gasteiger partial charge in [0.05, 0.1) is 0 Å². The van der Waals surface area contributed by atoms with Crippen molar-refractivity contribution in [2.45, 2.75) is 26.3 Å². The minimum Gasteiger partial charge on any atom is -0.313 e. The molecule has 0 fully saturated rings. The largest absolute Gasteiger partial charge is 0.313 e. The Bertz CT molecular complexity index is 370. The Balaban J connectivity index is 2.32. The van der Waals surface area contributed by atoms with E-state index >= 15 is 0 Å². The van der Waals surface area contributed by atoms with Gasteiger partial charge in [0.1, 0.15) is 5.82 Å². The van der Waals surface area contributed by atoms with Crippen LogP contribution < -0.4 is 5.32 Å². The number of hydrogen-bond acceptors (Lipinski definition) is 2. The van der Waals surface area contributed by atoms with Gasteiger partial charge in [0.2, 0.25) is 0 Å². The number of nitrogens with one attached hydrogen (secondary N) is 1. The first-order valence-corrected chi connectivity index (χ1v) is 7.44. The van der Waals surface area contributed by atoms with Crippen molar-refractivity contribution in [2.75, 3.05) is 18.1 Å². The molecule has 2 atom stereocenters. The average Bonchev–Trinajstić information content (AvgIpc) is 2.32. The van der Waals surface area contributed by atoms with E-state index in [4.69, 9.17) is 0 Å². The van der Waals surface area contributed by atoms with Crippen LogP contribution in [0.4, 0.5) is 4.39 Å². The third-order valence-corrected chi connectivity index (χ3v) is 3.93. The van der Waals surface area contributed by atoms with Gasteiger partial charge in [-0.15, -0.1) is 0 Å². The Hall–Kier alpha value is -0.740. The molecule has 0 amide bonds. The maximum Gasteiger partial charge on any atom is 0.126 e. The molecule has 0 saturated heterocycles. The zero-order valence-electron chi connectivity index (χ0n) is 10.4. The smallest absolute Gasteiger partial charge is 0.126 e. The minimum atomic E-state index is -0.731. The van der Waals surface area contributed by atoms with Crippen LogP contribution in [0.25, 0.3) is 0 Å². The second-order valence-electron chi connectivity index (χ2n) is 4.08. The molecule has 2 unspecified atom stereocenters. The molecule has 1 aromatic carbocycles. The summed E-state index contributed by atoms with van der Waals surface area (Å²) in [5.74, 6) is 1.21. The van der Waals surface area contributed by atoms with Crippen LogP contribution in [-0.4, -0.2) is 28.3 Å². The maximum atomic E-state index is 13.4. The average molecular weight is 257 g/mol. The summed E-state index contributed by atoms with van der Waals surface area (Å²) in [6, 6.07) is 7.02. The lowest BCUT2D eigenvalue weighted by atomic mass is 10.1. The molecule has 0 aliphatic carbocycles. The van der Waals surface area contributed by atoms with Crippen molar-refractivity contribution in [3.63, 3.8) is 0 Å². The molecule has 0 spiro atoms. The fourth-order valence-electron chi connectivity index (χ4n) is 1.63. The van der Waals surface area contributed by atoms with Gasteiger partial charge < -0.3 is 5.32 Å². The van der Waals surface area contributed by atoms with Crippen LogP contribution in [0.5, 0.6) is 0 Å². The molecule has 0 saturated carbocycles. The first kappa shape index (κ1) is 14.3. The van der Waals surface area contributed by atoms with Crippen LogP contribution in [0.3, 0.4) is 0 Å². The molecule has 17 heavy (non-hydrogen) atoms. The Morgan fingerprint density at radius 3 is 2.76 bits per heavy atom. The number of hydrogen-bond donors (Lipinski definition) is 1. The molecule has 1 rings (SSSR count). The van der Waals surface area contributed by atoms with Crippen LogP contribution in [-0.2, 0) is 17.2 Å². The van der Waals surface area contributed by atoms with Gasteiger partial charge in [0.15, 0.2) is 0 Å². The fraction of sp³-hybridized carbons (Fsp3) is 0.538. The van der Waals surface area contributed by atoms with Gasteiger partial charge in [-0.05, 0) is 25.0 Å². The first-order chi connectivity index (χ1) is 8.13. The third-order valence-electron chi connectivity index (χ3n) is 2.63. The highest BCUT2D eigenvalue weighted by molar-refractivity contribution is 7.84. The van der Waals surface area contributed by atoms with Crippen molar-refractivity contribution in [1.82, 2.24) is 5.32 Å². The van der Waals surface area contributed by atoms with Crippen molar-refractivity contribution in [2.24, 2.45) is 0 Å². The highest BCUT2D eigenvalue weighted by Gasteiger charge is 2.07. The summed E-state index contributed by atoms with van der Waals surface area (Å²) in [6.45, 7) is 4.65. The quantitative estimate of drug-likeness (QED) is 0.810. The molecular weight excluding hydrogens is 237 g/mol. The van der Waals surface area contributed by atoms with E-state index in [0.29, 0.717) is 17.9 Å². The Kier molecular flexibility index (Phi) is 6.37. The zero-order valence-corrected chi connectivity index (χ0v) is 11.2. The fourth-order valence-corrected chi connectivity index (χ4v) is 2.26. The minimum absolute atomic E-state index is 0.154. The van der Waals surface area contributed by atoms with Gasteiger partial charge >= 0.3 is 0 Å². The lowest BCUT2D eigenvalue weighted by Crippen LogP contribution is -2.32. The topological polar surface area (TPSA) is 29.1 Å². The molecule has 0 aliphatic rings. The van der Waals surface area contributed by atoms with E-state index in [9.17, 15) is 8.60 Å². The lowest BCUT2D eigenvalue weighted by Gasteiger charge is -2.13. The van der Waals surface area contributed by atoms with Crippen LogP contribution in [0.15, 0.2) is 24.3 Å². The van der Waals surface area contributed by atoms with E-state index in [1.165, 1.54) is 6.07 Å². The number of benzene rings is 1. The highest BCUT2D eigenvalue weighted by Crippen LogP contribution is 2.08. The summed E-state index contributed by atoms with van der Waals surface area (Å²) >= 11 is 0. The van der Waals surface area contributed by atoms with E-state index in [-0.39, 0.29) is 11.9 Å². The second-order valence-corrected chi connectivity index (χ2v) is 5.95. The van der Waals surface area contributed by atoms with E-state index in [1.807, 2.05) is 19.9 Å². The molecule has 2 nitrogen and oxygen atoms in total. The Morgan fingerprint density at radius 2 is 2.12 bits per heavy atom. The van der Waals surface area contributed by atoms with Crippen molar-refractivity contribution in [3.05, 3.63) is 35.6 Å². The van der Waals surface area contributed by atoms with Crippen molar-refractivity contribution >= 4 is 10.8 Å². The van der Waals surface area contributed by atoms with Gasteiger partial charge in [0, 0.05) is 34.9 Å². The number of rotatable bonds is 7. The summed E-state index contributed by atoms with van der Waals surface area (Å²) in [6.07, 6.45) is 0.658. The van der Waals surface area contributed by atoms with E-state index < -0.39 is 10.8 Å². The van der Waals surface area contributed by atoms with Gasteiger partial charge in [-0.25, -0.2) is 4.39 Å². The van der Waals surface area contributed by atoms with E-state index in [2.05, 4.69) is 5.32 Å². The molecule has 0 aliphatic heterocycles. The van der Waals surface area contributed by atoms with Gasteiger partial charge in [-0.2, -0.15) is 0 Å². The van der Waals surface area contributed by atoms with Gasteiger partial charge in [0.25, 0.3) is 0 Å². The SMILES string of the molecule is CCS(=O)CCNC(C)Cc1ccccc1F. The van der Waals surface area contributed by atoms with Gasteiger partial charge in [-0.3, -0.25) is 4.21 Å². The normalized spacial score (nSPS) is 14.5. The van der Waals surface area contributed by atoms with Crippen molar-refractivity contribution in [1.29, 1.82) is 0 Å². The molecule has 1 N–H and O–H groups in total. The lowest BCUT2D eigenvalue weighted by molar-refractivity contribution is 0.540. The van der Waals surface area contributed by atoms with E-state index in [1.54, 1.807) is 12.1 Å². The zero-order chi connectivity index (χ0) is 12.7. The summed E-state index contributed by atoms with van der Waals surface area (Å²) in [5.41, 5.74) is 0.726. The molecular formula is C13H20FNOS. The highest BCUT2D eigenvalue weighted by atomic mass is 32.2. The van der Waals surface area contributed by atoms with Crippen LogP contribution in [0.2, 0.25) is 0 Å².